The highest BCUT2D eigenvalue weighted by atomic mass is 19.1. The van der Waals surface area contributed by atoms with E-state index >= 15 is 0 Å². The Morgan fingerprint density at radius 3 is 2.68 bits per heavy atom. The van der Waals surface area contributed by atoms with E-state index in [1.165, 1.54) is 12.1 Å². The number of benzene rings is 1. The van der Waals surface area contributed by atoms with E-state index in [0.717, 1.165) is 24.2 Å². The summed E-state index contributed by atoms with van der Waals surface area (Å²) in [5, 5.41) is 2.87. The fourth-order valence-electron chi connectivity index (χ4n) is 2.27. The lowest BCUT2D eigenvalue weighted by molar-refractivity contribution is -0.123. The minimum Gasteiger partial charge on any atom is -0.348 e. The first-order chi connectivity index (χ1) is 9.21. The lowest BCUT2D eigenvalue weighted by Crippen LogP contribution is -2.34. The van der Waals surface area contributed by atoms with Gasteiger partial charge in [0, 0.05) is 12.4 Å². The molecule has 3 rings (SSSR count). The van der Waals surface area contributed by atoms with Crippen molar-refractivity contribution in [2.45, 2.75) is 24.8 Å². The van der Waals surface area contributed by atoms with Crippen molar-refractivity contribution in [3.63, 3.8) is 0 Å². The molecule has 19 heavy (non-hydrogen) atoms. The summed E-state index contributed by atoms with van der Waals surface area (Å²) >= 11 is 0. The third kappa shape index (κ3) is 2.23. The number of halogens is 1. The van der Waals surface area contributed by atoms with Crippen molar-refractivity contribution in [3.05, 3.63) is 53.9 Å². The summed E-state index contributed by atoms with van der Waals surface area (Å²) < 4.78 is 12.9. The van der Waals surface area contributed by atoms with Crippen LogP contribution in [0.3, 0.4) is 0 Å². The molecule has 0 atom stereocenters. The molecule has 98 valence electrons. The second kappa shape index (κ2) is 4.50. The molecule has 1 saturated carbocycles. The summed E-state index contributed by atoms with van der Waals surface area (Å²) in [4.78, 5) is 19.3. The summed E-state index contributed by atoms with van der Waals surface area (Å²) in [6.07, 6.45) is 4.98. The van der Waals surface area contributed by atoms with Gasteiger partial charge >= 0.3 is 0 Å². The predicted octanol–water partition coefficient (Wildman–Crippen LogP) is 1.90. The number of aromatic nitrogens is 2. The van der Waals surface area contributed by atoms with Crippen LogP contribution >= 0.6 is 0 Å². The largest absolute Gasteiger partial charge is 0.348 e. The zero-order valence-electron chi connectivity index (χ0n) is 10.3. The van der Waals surface area contributed by atoms with E-state index in [4.69, 9.17) is 0 Å². The standard InChI is InChI=1S/C14H14FN3O/c15-11-3-1-10(2-4-11)14(5-6-14)13(19)18-9-12-16-7-8-17-12/h1-4,7-8H,5-6,9H2,(H,16,17)(H,18,19). The number of imidazole rings is 1. The van der Waals surface area contributed by atoms with Gasteiger partial charge in [0.05, 0.1) is 12.0 Å². The van der Waals surface area contributed by atoms with Crippen molar-refractivity contribution in [3.8, 4) is 0 Å². The highest BCUT2D eigenvalue weighted by Crippen LogP contribution is 2.48. The van der Waals surface area contributed by atoms with Gasteiger partial charge in [-0.1, -0.05) is 12.1 Å². The zero-order valence-corrected chi connectivity index (χ0v) is 10.3. The van der Waals surface area contributed by atoms with Crippen molar-refractivity contribution in [2.75, 3.05) is 0 Å². The normalized spacial score (nSPS) is 16.1. The molecule has 2 N–H and O–H groups in total. The van der Waals surface area contributed by atoms with Gasteiger partial charge in [0.2, 0.25) is 5.91 Å². The van der Waals surface area contributed by atoms with E-state index in [-0.39, 0.29) is 11.7 Å². The lowest BCUT2D eigenvalue weighted by atomic mass is 9.95. The molecule has 1 amide bonds. The van der Waals surface area contributed by atoms with Crippen LogP contribution in [0.1, 0.15) is 24.2 Å². The average molecular weight is 259 g/mol. The van der Waals surface area contributed by atoms with E-state index in [9.17, 15) is 9.18 Å². The van der Waals surface area contributed by atoms with Crippen molar-refractivity contribution in [1.29, 1.82) is 0 Å². The van der Waals surface area contributed by atoms with E-state index < -0.39 is 5.41 Å². The van der Waals surface area contributed by atoms with Gasteiger partial charge in [-0.2, -0.15) is 0 Å². The quantitative estimate of drug-likeness (QED) is 0.881. The van der Waals surface area contributed by atoms with Crippen LogP contribution in [0, 0.1) is 5.82 Å². The number of hydrogen-bond acceptors (Lipinski definition) is 2. The van der Waals surface area contributed by atoms with Crippen LogP contribution in [0.15, 0.2) is 36.7 Å². The second-order valence-corrected chi connectivity index (χ2v) is 4.81. The zero-order chi connectivity index (χ0) is 13.3. The Labute approximate surface area is 110 Å². The van der Waals surface area contributed by atoms with E-state index in [2.05, 4.69) is 15.3 Å². The Morgan fingerprint density at radius 2 is 2.11 bits per heavy atom. The fraction of sp³-hybridized carbons (Fsp3) is 0.286. The molecule has 5 heteroatoms. The molecule has 2 aromatic rings. The summed E-state index contributed by atoms with van der Waals surface area (Å²) in [5.74, 6) is 0.425. The van der Waals surface area contributed by atoms with Crippen molar-refractivity contribution in [2.24, 2.45) is 0 Å². The van der Waals surface area contributed by atoms with Gasteiger partial charge in [-0.05, 0) is 30.5 Å². The van der Waals surface area contributed by atoms with Crippen LogP contribution < -0.4 is 5.32 Å². The van der Waals surface area contributed by atoms with Gasteiger partial charge in [0.1, 0.15) is 11.6 Å². The van der Waals surface area contributed by atoms with Crippen LogP contribution in [0.4, 0.5) is 4.39 Å². The number of rotatable bonds is 4. The number of H-pyrrole nitrogens is 1. The molecule has 1 aliphatic carbocycles. The second-order valence-electron chi connectivity index (χ2n) is 4.81. The smallest absolute Gasteiger partial charge is 0.231 e. The van der Waals surface area contributed by atoms with Crippen LogP contribution in [0.2, 0.25) is 0 Å². The Hall–Kier alpha value is -2.17. The summed E-state index contributed by atoms with van der Waals surface area (Å²) in [5.41, 5.74) is 0.408. The van der Waals surface area contributed by atoms with E-state index in [0.29, 0.717) is 6.54 Å². The number of amides is 1. The minimum atomic E-state index is -0.472. The summed E-state index contributed by atoms with van der Waals surface area (Å²) in [7, 11) is 0. The van der Waals surface area contributed by atoms with Crippen LogP contribution in [-0.4, -0.2) is 15.9 Å². The molecular weight excluding hydrogens is 245 g/mol. The monoisotopic (exact) mass is 259 g/mol. The maximum atomic E-state index is 12.9. The summed E-state index contributed by atoms with van der Waals surface area (Å²) in [6.45, 7) is 0.384. The van der Waals surface area contributed by atoms with Gasteiger partial charge in [0.25, 0.3) is 0 Å². The van der Waals surface area contributed by atoms with Crippen molar-refractivity contribution in [1.82, 2.24) is 15.3 Å². The van der Waals surface area contributed by atoms with Crippen LogP contribution in [0.5, 0.6) is 0 Å². The molecule has 1 aromatic heterocycles. The first-order valence-corrected chi connectivity index (χ1v) is 6.23. The summed E-state index contributed by atoms with van der Waals surface area (Å²) in [6, 6.07) is 6.17. The SMILES string of the molecule is O=C(NCc1ncc[nH]1)C1(c2ccc(F)cc2)CC1. The average Bonchev–Trinajstić information content (AvgIpc) is 3.07. The van der Waals surface area contributed by atoms with Crippen molar-refractivity contribution < 1.29 is 9.18 Å². The molecule has 1 aliphatic rings. The lowest BCUT2D eigenvalue weighted by Gasteiger charge is -2.15. The number of carbonyl (C=O) groups excluding carboxylic acids is 1. The number of nitrogens with one attached hydrogen (secondary N) is 2. The number of carbonyl (C=O) groups is 1. The molecule has 0 aliphatic heterocycles. The molecule has 0 saturated heterocycles. The van der Waals surface area contributed by atoms with Crippen LogP contribution in [0.25, 0.3) is 0 Å². The molecule has 1 aromatic carbocycles. The van der Waals surface area contributed by atoms with Crippen LogP contribution in [-0.2, 0) is 16.8 Å². The molecule has 0 unspecified atom stereocenters. The Morgan fingerprint density at radius 1 is 1.37 bits per heavy atom. The topological polar surface area (TPSA) is 57.8 Å². The van der Waals surface area contributed by atoms with Gasteiger partial charge in [-0.3, -0.25) is 4.79 Å². The van der Waals surface area contributed by atoms with Crippen molar-refractivity contribution >= 4 is 5.91 Å². The van der Waals surface area contributed by atoms with Gasteiger partial charge in [-0.25, -0.2) is 9.37 Å². The molecular formula is C14H14FN3O. The molecule has 0 spiro atoms. The Balaban J connectivity index is 1.70. The highest BCUT2D eigenvalue weighted by molar-refractivity contribution is 5.91. The van der Waals surface area contributed by atoms with Gasteiger partial charge < -0.3 is 10.3 Å². The Bertz CT molecular complexity index is 573. The third-order valence-electron chi connectivity index (χ3n) is 3.55. The molecule has 1 heterocycles. The molecule has 1 fully saturated rings. The van der Waals surface area contributed by atoms with Gasteiger partial charge in [0.15, 0.2) is 0 Å². The fourth-order valence-corrected chi connectivity index (χ4v) is 2.27. The number of aromatic amines is 1. The first-order valence-electron chi connectivity index (χ1n) is 6.23. The van der Waals surface area contributed by atoms with E-state index in [1.54, 1.807) is 24.5 Å². The Kier molecular flexibility index (Phi) is 2.81. The van der Waals surface area contributed by atoms with E-state index in [1.807, 2.05) is 0 Å². The number of nitrogens with zero attached hydrogens (tertiary/aromatic N) is 1. The molecule has 0 bridgehead atoms. The highest BCUT2D eigenvalue weighted by Gasteiger charge is 2.51. The maximum Gasteiger partial charge on any atom is 0.231 e. The maximum absolute atomic E-state index is 12.9. The number of hydrogen-bond donors (Lipinski definition) is 2. The minimum absolute atomic E-state index is 0.0180. The molecule has 0 radical (unpaired) electrons. The third-order valence-corrected chi connectivity index (χ3v) is 3.55. The molecule has 4 nitrogen and oxygen atoms in total. The first kappa shape index (κ1) is 11.9. The van der Waals surface area contributed by atoms with Gasteiger partial charge in [-0.15, -0.1) is 0 Å². The predicted molar refractivity (Wildman–Crippen MR) is 67.7 cm³/mol.